The first kappa shape index (κ1) is 15.7. The van der Waals surface area contributed by atoms with E-state index in [1.54, 1.807) is 12.1 Å². The minimum absolute atomic E-state index is 0.130. The third-order valence-corrected chi connectivity index (χ3v) is 3.73. The Morgan fingerprint density at radius 2 is 2.14 bits per heavy atom. The van der Waals surface area contributed by atoms with Crippen molar-refractivity contribution in [2.45, 2.75) is 31.8 Å². The largest absolute Gasteiger partial charge is 0.351 e. The minimum Gasteiger partial charge on any atom is -0.351 e. The Morgan fingerprint density at radius 1 is 1.43 bits per heavy atom. The topological polar surface area (TPSA) is 75.4 Å². The number of rotatable bonds is 6. The zero-order valence-corrected chi connectivity index (χ0v) is 12.2. The fourth-order valence-electron chi connectivity index (χ4n) is 2.16. The molecular weight excluding hydrogens is 297 g/mol. The van der Waals surface area contributed by atoms with Crippen LogP contribution in [0.3, 0.4) is 0 Å². The van der Waals surface area contributed by atoms with Crippen molar-refractivity contribution in [3.8, 4) is 0 Å². The van der Waals surface area contributed by atoms with Crippen LogP contribution in [0, 0.1) is 5.82 Å². The maximum absolute atomic E-state index is 13.8. The molecule has 0 spiro atoms. The van der Waals surface area contributed by atoms with E-state index in [9.17, 15) is 14.0 Å². The van der Waals surface area contributed by atoms with E-state index in [1.807, 2.05) is 10.2 Å². The molecule has 1 fully saturated rings. The molecule has 1 aliphatic rings. The molecule has 0 aliphatic heterocycles. The first-order valence-corrected chi connectivity index (χ1v) is 7.11. The summed E-state index contributed by atoms with van der Waals surface area (Å²) in [6.07, 6.45) is 2.17. The van der Waals surface area contributed by atoms with Crippen LogP contribution in [0.25, 0.3) is 0 Å². The maximum atomic E-state index is 13.8. The number of imide groups is 1. The van der Waals surface area contributed by atoms with Crippen molar-refractivity contribution >= 4 is 23.5 Å². The van der Waals surface area contributed by atoms with Gasteiger partial charge in [-0.3, -0.25) is 15.0 Å². The van der Waals surface area contributed by atoms with E-state index < -0.39 is 11.9 Å². The van der Waals surface area contributed by atoms with Gasteiger partial charge in [0.25, 0.3) is 0 Å². The van der Waals surface area contributed by atoms with Crippen LogP contribution in [0.1, 0.15) is 24.8 Å². The Hall–Kier alpha value is -1.66. The van der Waals surface area contributed by atoms with Gasteiger partial charge in [0.2, 0.25) is 5.91 Å². The molecular formula is C14H17ClFN3O2. The summed E-state index contributed by atoms with van der Waals surface area (Å²) in [5, 5.41) is 2.39. The number of carbonyl (C=O) groups excluding carboxylic acids is 2. The predicted octanol–water partition coefficient (Wildman–Crippen LogP) is 2.03. The van der Waals surface area contributed by atoms with Gasteiger partial charge in [-0.15, -0.1) is 0 Å². The Bertz CT molecular complexity index is 529. The number of benzene rings is 1. The quantitative estimate of drug-likeness (QED) is 0.843. The second kappa shape index (κ2) is 6.87. The lowest BCUT2D eigenvalue weighted by Gasteiger charge is -2.22. The van der Waals surface area contributed by atoms with Gasteiger partial charge in [0.15, 0.2) is 0 Å². The van der Waals surface area contributed by atoms with Crippen LogP contribution in [-0.2, 0) is 11.3 Å². The van der Waals surface area contributed by atoms with Gasteiger partial charge in [-0.1, -0.05) is 17.7 Å². The molecule has 3 N–H and O–H groups in total. The van der Waals surface area contributed by atoms with Gasteiger partial charge < -0.3 is 5.73 Å². The number of urea groups is 1. The number of hydrogen-bond acceptors (Lipinski definition) is 3. The number of nitrogens with one attached hydrogen (secondary N) is 1. The number of nitrogens with zero attached hydrogens (tertiary/aromatic N) is 1. The number of amides is 3. The van der Waals surface area contributed by atoms with Gasteiger partial charge in [-0.25, -0.2) is 9.18 Å². The van der Waals surface area contributed by atoms with E-state index in [0.29, 0.717) is 29.7 Å². The molecule has 1 aromatic rings. The minimum atomic E-state index is -0.866. The van der Waals surface area contributed by atoms with Crippen molar-refractivity contribution in [1.82, 2.24) is 10.2 Å². The van der Waals surface area contributed by atoms with E-state index in [4.69, 9.17) is 17.3 Å². The summed E-state index contributed by atoms with van der Waals surface area (Å²) in [4.78, 5) is 24.0. The van der Waals surface area contributed by atoms with Gasteiger partial charge in [0.1, 0.15) is 5.82 Å². The lowest BCUT2D eigenvalue weighted by molar-refractivity contribution is -0.120. The Morgan fingerprint density at radius 3 is 2.71 bits per heavy atom. The molecule has 0 saturated heterocycles. The van der Waals surface area contributed by atoms with Crippen molar-refractivity contribution in [2.75, 3.05) is 6.54 Å². The Kier molecular flexibility index (Phi) is 5.14. The number of nitrogens with two attached hydrogens (primary N) is 1. The summed E-state index contributed by atoms with van der Waals surface area (Å²) in [6, 6.07) is 4.04. The Balaban J connectivity index is 1.97. The second-order valence-electron chi connectivity index (χ2n) is 5.06. The van der Waals surface area contributed by atoms with Crippen LogP contribution >= 0.6 is 11.6 Å². The highest BCUT2D eigenvalue weighted by atomic mass is 35.5. The van der Waals surface area contributed by atoms with Crippen molar-refractivity contribution in [3.63, 3.8) is 0 Å². The Labute approximate surface area is 127 Å². The summed E-state index contributed by atoms with van der Waals surface area (Å²) < 4.78 is 13.8. The summed E-state index contributed by atoms with van der Waals surface area (Å²) in [6.45, 7) is 0.772. The molecule has 0 unspecified atom stereocenters. The van der Waals surface area contributed by atoms with Gasteiger partial charge in [-0.2, -0.15) is 0 Å². The normalized spacial score (nSPS) is 14.2. The van der Waals surface area contributed by atoms with E-state index in [1.165, 1.54) is 6.07 Å². The third-order valence-electron chi connectivity index (χ3n) is 3.37. The molecule has 0 aromatic heterocycles. The third kappa shape index (κ3) is 4.68. The number of primary amides is 1. The molecule has 1 aliphatic carbocycles. The second-order valence-corrected chi connectivity index (χ2v) is 5.47. The van der Waals surface area contributed by atoms with E-state index in [2.05, 4.69) is 0 Å². The zero-order valence-electron chi connectivity index (χ0n) is 11.4. The molecule has 1 aromatic carbocycles. The maximum Gasteiger partial charge on any atom is 0.318 e. The van der Waals surface area contributed by atoms with Crippen LogP contribution < -0.4 is 11.1 Å². The highest BCUT2D eigenvalue weighted by Gasteiger charge is 2.30. The summed E-state index contributed by atoms with van der Waals surface area (Å²) in [7, 11) is 0. The monoisotopic (exact) mass is 313 g/mol. The van der Waals surface area contributed by atoms with Crippen LogP contribution in [0.5, 0.6) is 0 Å². The average molecular weight is 314 g/mol. The molecule has 2 rings (SSSR count). The van der Waals surface area contributed by atoms with Crippen LogP contribution in [0.2, 0.25) is 5.02 Å². The van der Waals surface area contributed by atoms with Gasteiger partial charge in [0.05, 0.1) is 0 Å². The van der Waals surface area contributed by atoms with Gasteiger partial charge in [0, 0.05) is 36.1 Å². The van der Waals surface area contributed by atoms with Crippen LogP contribution in [-0.4, -0.2) is 29.4 Å². The van der Waals surface area contributed by atoms with Crippen molar-refractivity contribution in [2.24, 2.45) is 5.73 Å². The summed E-state index contributed by atoms with van der Waals surface area (Å²) in [5.74, 6) is -0.789. The summed E-state index contributed by atoms with van der Waals surface area (Å²) >= 11 is 6.02. The predicted molar refractivity (Wildman–Crippen MR) is 77.2 cm³/mol. The highest BCUT2D eigenvalue weighted by Crippen LogP contribution is 2.30. The molecule has 0 atom stereocenters. The van der Waals surface area contributed by atoms with E-state index in [-0.39, 0.29) is 12.2 Å². The number of halogens is 2. The fraction of sp³-hybridized carbons (Fsp3) is 0.429. The van der Waals surface area contributed by atoms with E-state index in [0.717, 1.165) is 12.8 Å². The lowest BCUT2D eigenvalue weighted by Crippen LogP contribution is -2.37. The smallest absolute Gasteiger partial charge is 0.318 e. The number of carbonyl (C=O) groups is 2. The zero-order chi connectivity index (χ0) is 15.4. The van der Waals surface area contributed by atoms with E-state index >= 15 is 0 Å². The first-order chi connectivity index (χ1) is 9.97. The lowest BCUT2D eigenvalue weighted by atomic mass is 10.2. The molecule has 0 heterocycles. The number of hydrogen-bond donors (Lipinski definition) is 2. The standard InChI is InChI=1S/C14H17ClFN3O2/c15-11-2-1-3-12(16)10(11)8-19(9-4-5-9)7-6-13(20)18-14(17)21/h1-3,9H,4-8H2,(H3,17,18,20,21). The van der Waals surface area contributed by atoms with Crippen molar-refractivity contribution in [1.29, 1.82) is 0 Å². The molecule has 3 amide bonds. The average Bonchev–Trinajstić information content (AvgIpc) is 3.21. The molecule has 21 heavy (non-hydrogen) atoms. The molecule has 5 nitrogen and oxygen atoms in total. The first-order valence-electron chi connectivity index (χ1n) is 6.73. The summed E-state index contributed by atoms with van der Waals surface area (Å²) in [5.41, 5.74) is 5.32. The van der Waals surface area contributed by atoms with Crippen LogP contribution in [0.4, 0.5) is 9.18 Å². The van der Waals surface area contributed by atoms with Crippen molar-refractivity contribution in [3.05, 3.63) is 34.6 Å². The SMILES string of the molecule is NC(=O)NC(=O)CCN(Cc1c(F)cccc1Cl)C1CC1. The molecule has 0 bridgehead atoms. The fourth-order valence-corrected chi connectivity index (χ4v) is 2.38. The van der Waals surface area contributed by atoms with Gasteiger partial charge in [-0.05, 0) is 25.0 Å². The van der Waals surface area contributed by atoms with Gasteiger partial charge >= 0.3 is 6.03 Å². The molecule has 0 radical (unpaired) electrons. The molecule has 114 valence electrons. The molecule has 7 heteroatoms. The molecule has 1 saturated carbocycles. The van der Waals surface area contributed by atoms with Crippen molar-refractivity contribution < 1.29 is 14.0 Å². The highest BCUT2D eigenvalue weighted by molar-refractivity contribution is 6.31. The van der Waals surface area contributed by atoms with Crippen LogP contribution in [0.15, 0.2) is 18.2 Å².